The zero-order chi connectivity index (χ0) is 18.5. The number of anilines is 3. The lowest BCUT2D eigenvalue weighted by atomic mass is 9.95. The van der Waals surface area contributed by atoms with Crippen LogP contribution in [0.2, 0.25) is 0 Å². The fourth-order valence-corrected chi connectivity index (χ4v) is 3.15. The van der Waals surface area contributed by atoms with Crippen LogP contribution >= 0.6 is 0 Å². The first-order valence-corrected chi connectivity index (χ1v) is 9.22. The summed E-state index contributed by atoms with van der Waals surface area (Å²) in [6.07, 6.45) is 3.29. The first kappa shape index (κ1) is 18.2. The molecule has 2 N–H and O–H groups in total. The fraction of sp³-hybridized carbons (Fsp3) is 0.450. The maximum Gasteiger partial charge on any atom is 0.223 e. The molecular formula is C20H27N5O. The molecule has 0 aliphatic carbocycles. The van der Waals surface area contributed by atoms with E-state index in [1.54, 1.807) is 6.33 Å². The van der Waals surface area contributed by atoms with Gasteiger partial charge in [-0.15, -0.1) is 0 Å². The van der Waals surface area contributed by atoms with Crippen molar-refractivity contribution in [3.8, 4) is 0 Å². The van der Waals surface area contributed by atoms with Crippen LogP contribution in [0.3, 0.4) is 0 Å². The van der Waals surface area contributed by atoms with Gasteiger partial charge in [0, 0.05) is 36.8 Å². The Balaban J connectivity index is 1.60. The Labute approximate surface area is 155 Å². The van der Waals surface area contributed by atoms with Crippen molar-refractivity contribution < 1.29 is 4.79 Å². The highest BCUT2D eigenvalue weighted by Crippen LogP contribution is 2.24. The second-order valence-electron chi connectivity index (χ2n) is 7.18. The molecule has 3 rings (SSSR count). The van der Waals surface area contributed by atoms with Crippen molar-refractivity contribution in [2.45, 2.75) is 39.7 Å². The van der Waals surface area contributed by atoms with Crippen LogP contribution in [0, 0.1) is 12.8 Å². The molecule has 6 nitrogen and oxygen atoms in total. The normalized spacial score (nSPS) is 15.2. The molecule has 1 aromatic carbocycles. The number of nitrogens with zero attached hydrogens (tertiary/aromatic N) is 3. The summed E-state index contributed by atoms with van der Waals surface area (Å²) in [5, 5.41) is 6.33. The lowest BCUT2D eigenvalue weighted by molar-refractivity contribution is -0.126. The molecule has 0 radical (unpaired) electrons. The summed E-state index contributed by atoms with van der Waals surface area (Å²) in [5.74, 6) is 1.94. The SMILES string of the molecule is Cc1ccc(Nc2cc(N3CCC(C(=O)NC(C)C)CC3)ncn2)cc1. The summed E-state index contributed by atoms with van der Waals surface area (Å²) in [6, 6.07) is 10.4. The van der Waals surface area contributed by atoms with E-state index in [0.717, 1.165) is 43.3 Å². The molecule has 1 fully saturated rings. The Kier molecular flexibility index (Phi) is 5.71. The highest BCUT2D eigenvalue weighted by atomic mass is 16.1. The summed E-state index contributed by atoms with van der Waals surface area (Å²) < 4.78 is 0. The molecule has 1 aliphatic rings. The second kappa shape index (κ2) is 8.17. The molecule has 0 atom stereocenters. The number of carbonyl (C=O) groups is 1. The minimum Gasteiger partial charge on any atom is -0.356 e. The topological polar surface area (TPSA) is 70.2 Å². The van der Waals surface area contributed by atoms with Gasteiger partial charge >= 0.3 is 0 Å². The van der Waals surface area contributed by atoms with Crippen LogP contribution in [-0.2, 0) is 4.79 Å². The molecule has 0 saturated carbocycles. The van der Waals surface area contributed by atoms with Gasteiger partial charge in [0.05, 0.1) is 0 Å². The standard InChI is InChI=1S/C20H27N5O/c1-14(2)23-20(26)16-8-10-25(11-9-16)19-12-18(21-13-22-19)24-17-6-4-15(3)5-7-17/h4-7,12-14,16H,8-11H2,1-3H3,(H,23,26)(H,21,22,24). The number of hydrogen-bond acceptors (Lipinski definition) is 5. The zero-order valence-electron chi connectivity index (χ0n) is 15.7. The van der Waals surface area contributed by atoms with Gasteiger partial charge in [-0.1, -0.05) is 17.7 Å². The summed E-state index contributed by atoms with van der Waals surface area (Å²) in [4.78, 5) is 23.1. The predicted molar refractivity (Wildman–Crippen MR) is 105 cm³/mol. The fourth-order valence-electron chi connectivity index (χ4n) is 3.15. The van der Waals surface area contributed by atoms with Crippen molar-refractivity contribution in [2.24, 2.45) is 5.92 Å². The quantitative estimate of drug-likeness (QED) is 0.863. The maximum absolute atomic E-state index is 12.2. The minimum absolute atomic E-state index is 0.0978. The van der Waals surface area contributed by atoms with Gasteiger partial charge in [0.15, 0.2) is 0 Å². The van der Waals surface area contributed by atoms with Crippen LogP contribution < -0.4 is 15.5 Å². The number of hydrogen-bond donors (Lipinski definition) is 2. The van der Waals surface area contributed by atoms with Gasteiger partial charge in [0.2, 0.25) is 5.91 Å². The molecule has 1 aliphatic heterocycles. The summed E-state index contributed by atoms with van der Waals surface area (Å²) in [5.41, 5.74) is 2.23. The van der Waals surface area contributed by atoms with Crippen molar-refractivity contribution in [3.05, 3.63) is 42.2 Å². The average Bonchev–Trinajstić information content (AvgIpc) is 2.63. The monoisotopic (exact) mass is 353 g/mol. The van der Waals surface area contributed by atoms with Gasteiger partial charge in [0.25, 0.3) is 0 Å². The molecule has 0 unspecified atom stereocenters. The van der Waals surface area contributed by atoms with Gasteiger partial charge in [0.1, 0.15) is 18.0 Å². The van der Waals surface area contributed by atoms with Crippen LogP contribution in [0.1, 0.15) is 32.3 Å². The molecule has 0 bridgehead atoms. The van der Waals surface area contributed by atoms with Crippen molar-refractivity contribution in [1.29, 1.82) is 0 Å². The van der Waals surface area contributed by atoms with Crippen molar-refractivity contribution in [3.63, 3.8) is 0 Å². The molecule has 6 heteroatoms. The number of rotatable bonds is 5. The number of aromatic nitrogens is 2. The van der Waals surface area contributed by atoms with E-state index >= 15 is 0 Å². The lowest BCUT2D eigenvalue weighted by Crippen LogP contribution is -2.42. The Morgan fingerprint density at radius 1 is 1.15 bits per heavy atom. The van der Waals surface area contributed by atoms with Gasteiger partial charge in [-0.3, -0.25) is 4.79 Å². The number of piperidine rings is 1. The van der Waals surface area contributed by atoms with Crippen LogP contribution in [0.25, 0.3) is 0 Å². The minimum atomic E-state index is 0.0978. The summed E-state index contributed by atoms with van der Waals surface area (Å²) in [6.45, 7) is 7.72. The molecular weight excluding hydrogens is 326 g/mol. The molecule has 1 saturated heterocycles. The third kappa shape index (κ3) is 4.71. The van der Waals surface area contributed by atoms with E-state index in [9.17, 15) is 4.79 Å². The van der Waals surface area contributed by atoms with Crippen molar-refractivity contribution in [1.82, 2.24) is 15.3 Å². The van der Waals surface area contributed by atoms with Crippen LogP contribution in [0.5, 0.6) is 0 Å². The maximum atomic E-state index is 12.2. The first-order valence-electron chi connectivity index (χ1n) is 9.22. The van der Waals surface area contributed by atoms with E-state index in [1.807, 2.05) is 32.0 Å². The van der Waals surface area contributed by atoms with Gasteiger partial charge in [-0.05, 0) is 45.7 Å². The average molecular weight is 353 g/mol. The Hall–Kier alpha value is -2.63. The zero-order valence-corrected chi connectivity index (χ0v) is 15.7. The molecule has 0 spiro atoms. The Bertz CT molecular complexity index is 736. The molecule has 2 heterocycles. The van der Waals surface area contributed by atoms with E-state index in [1.165, 1.54) is 5.56 Å². The summed E-state index contributed by atoms with van der Waals surface area (Å²) in [7, 11) is 0. The third-order valence-corrected chi connectivity index (χ3v) is 4.60. The second-order valence-corrected chi connectivity index (χ2v) is 7.18. The van der Waals surface area contributed by atoms with Crippen LogP contribution in [0.4, 0.5) is 17.3 Å². The number of nitrogens with one attached hydrogen (secondary N) is 2. The van der Waals surface area contributed by atoms with E-state index in [-0.39, 0.29) is 17.9 Å². The van der Waals surface area contributed by atoms with E-state index in [2.05, 4.69) is 44.6 Å². The van der Waals surface area contributed by atoms with Crippen molar-refractivity contribution >= 4 is 23.2 Å². The number of benzene rings is 1. The molecule has 138 valence electrons. The van der Waals surface area contributed by atoms with Gasteiger partial charge in [-0.2, -0.15) is 0 Å². The van der Waals surface area contributed by atoms with E-state index in [0.29, 0.717) is 0 Å². The molecule has 1 amide bonds. The Morgan fingerprint density at radius 2 is 1.85 bits per heavy atom. The predicted octanol–water partition coefficient (Wildman–Crippen LogP) is 3.27. The van der Waals surface area contributed by atoms with Gasteiger partial charge in [-0.25, -0.2) is 9.97 Å². The number of carbonyl (C=O) groups excluding carboxylic acids is 1. The van der Waals surface area contributed by atoms with Crippen molar-refractivity contribution in [2.75, 3.05) is 23.3 Å². The first-order chi connectivity index (χ1) is 12.5. The highest BCUT2D eigenvalue weighted by molar-refractivity contribution is 5.79. The Morgan fingerprint density at radius 3 is 2.50 bits per heavy atom. The van der Waals surface area contributed by atoms with Gasteiger partial charge < -0.3 is 15.5 Å². The van der Waals surface area contributed by atoms with Crippen LogP contribution in [-0.4, -0.2) is 35.0 Å². The van der Waals surface area contributed by atoms with Crippen LogP contribution in [0.15, 0.2) is 36.7 Å². The molecule has 2 aromatic rings. The van der Waals surface area contributed by atoms with E-state index < -0.39 is 0 Å². The smallest absolute Gasteiger partial charge is 0.223 e. The van der Waals surface area contributed by atoms with E-state index in [4.69, 9.17) is 0 Å². The lowest BCUT2D eigenvalue weighted by Gasteiger charge is -2.32. The highest BCUT2D eigenvalue weighted by Gasteiger charge is 2.26. The number of aryl methyl sites for hydroxylation is 1. The largest absolute Gasteiger partial charge is 0.356 e. The molecule has 26 heavy (non-hydrogen) atoms. The number of amides is 1. The summed E-state index contributed by atoms with van der Waals surface area (Å²) >= 11 is 0. The third-order valence-electron chi connectivity index (χ3n) is 4.60. The molecule has 1 aromatic heterocycles.